The summed E-state index contributed by atoms with van der Waals surface area (Å²) in [6.45, 7) is 0.0963. The molecule has 1 fully saturated rings. The Balaban J connectivity index is 1.91. The Labute approximate surface area is 91.4 Å². The third-order valence-corrected chi connectivity index (χ3v) is 2.47. The molecule has 1 aromatic rings. The Bertz CT molecular complexity index is 339. The summed E-state index contributed by atoms with van der Waals surface area (Å²) in [5, 5.41) is 2.43. The third-order valence-electron chi connectivity index (χ3n) is 2.47. The molecule has 1 saturated heterocycles. The predicted octanol–water partition coefficient (Wildman–Crippen LogP) is 2.11. The Morgan fingerprint density at radius 2 is 1.94 bits per heavy atom. The van der Waals surface area contributed by atoms with Gasteiger partial charge in [0.05, 0.1) is 6.61 Å². The molecule has 2 rings (SSSR count). The number of nitrogens with one attached hydrogen (secondary N) is 1. The van der Waals surface area contributed by atoms with Crippen LogP contribution in [-0.4, -0.2) is 25.1 Å². The molecule has 1 aliphatic rings. The van der Waals surface area contributed by atoms with Gasteiger partial charge in [0.2, 0.25) is 6.23 Å². The first kappa shape index (κ1) is 11.4. The summed E-state index contributed by atoms with van der Waals surface area (Å²) in [6, 6.07) is 9.12. The highest BCUT2D eigenvalue weighted by Gasteiger charge is 2.45. The van der Waals surface area contributed by atoms with E-state index in [2.05, 4.69) is 10.1 Å². The largest absolute Gasteiger partial charge is 0.428 e. The van der Waals surface area contributed by atoms with Gasteiger partial charge in [-0.3, -0.25) is 5.32 Å². The van der Waals surface area contributed by atoms with Gasteiger partial charge in [0.1, 0.15) is 0 Å². The second kappa shape index (κ2) is 4.43. The molecule has 2 nitrogen and oxygen atoms in total. The molecule has 0 spiro atoms. The van der Waals surface area contributed by atoms with Crippen LogP contribution in [0, 0.1) is 0 Å². The molecular formula is C11H12F3NO. The predicted molar refractivity (Wildman–Crippen MR) is 52.9 cm³/mol. The van der Waals surface area contributed by atoms with Crippen molar-refractivity contribution in [2.24, 2.45) is 0 Å². The number of benzene rings is 1. The smallest absolute Gasteiger partial charge is 0.352 e. The van der Waals surface area contributed by atoms with Gasteiger partial charge in [-0.2, -0.15) is 13.2 Å². The Kier molecular flexibility index (Phi) is 3.16. The second-order valence-corrected chi connectivity index (χ2v) is 3.81. The molecule has 0 bridgehead atoms. The maximum Gasteiger partial charge on any atom is 0.428 e. The van der Waals surface area contributed by atoms with Gasteiger partial charge in [-0.15, -0.1) is 0 Å². The molecule has 0 aliphatic carbocycles. The summed E-state index contributed by atoms with van der Waals surface area (Å²) in [4.78, 5) is 0. The van der Waals surface area contributed by atoms with Gasteiger partial charge in [0.15, 0.2) is 0 Å². The van der Waals surface area contributed by atoms with E-state index < -0.39 is 12.4 Å². The van der Waals surface area contributed by atoms with Crippen molar-refractivity contribution in [2.45, 2.75) is 24.9 Å². The van der Waals surface area contributed by atoms with Crippen LogP contribution in [0.2, 0.25) is 0 Å². The van der Waals surface area contributed by atoms with Gasteiger partial charge in [-0.1, -0.05) is 30.3 Å². The first-order valence-corrected chi connectivity index (χ1v) is 5.04. The summed E-state index contributed by atoms with van der Waals surface area (Å²) in [5.41, 5.74) is 1.01. The summed E-state index contributed by atoms with van der Waals surface area (Å²) < 4.78 is 41.5. The van der Waals surface area contributed by atoms with Crippen LogP contribution in [0.5, 0.6) is 0 Å². The monoisotopic (exact) mass is 231 g/mol. The van der Waals surface area contributed by atoms with Crippen molar-refractivity contribution in [3.05, 3.63) is 35.9 Å². The molecule has 16 heavy (non-hydrogen) atoms. The minimum atomic E-state index is -4.33. The average molecular weight is 231 g/mol. The molecule has 5 heteroatoms. The molecular weight excluding hydrogens is 219 g/mol. The van der Waals surface area contributed by atoms with E-state index in [0.717, 1.165) is 5.56 Å². The average Bonchev–Trinajstić information content (AvgIpc) is 2.67. The van der Waals surface area contributed by atoms with Gasteiger partial charge in [-0.05, 0) is 12.0 Å². The van der Waals surface area contributed by atoms with Crippen LogP contribution in [0.4, 0.5) is 13.2 Å². The van der Waals surface area contributed by atoms with Crippen molar-refractivity contribution in [2.75, 3.05) is 6.61 Å². The summed E-state index contributed by atoms with van der Waals surface area (Å²) in [6.07, 6.45) is -5.60. The van der Waals surface area contributed by atoms with Crippen molar-refractivity contribution in [1.29, 1.82) is 0 Å². The summed E-state index contributed by atoms with van der Waals surface area (Å²) in [5.74, 6) is 0. The third kappa shape index (κ3) is 2.74. The van der Waals surface area contributed by atoms with E-state index in [1.54, 1.807) is 0 Å². The molecule has 2 atom stereocenters. The minimum Gasteiger partial charge on any atom is -0.352 e. The van der Waals surface area contributed by atoms with Crippen LogP contribution < -0.4 is 5.32 Å². The topological polar surface area (TPSA) is 21.3 Å². The molecule has 1 aromatic carbocycles. The van der Waals surface area contributed by atoms with E-state index in [1.807, 2.05) is 30.3 Å². The zero-order chi connectivity index (χ0) is 11.6. The lowest BCUT2D eigenvalue weighted by molar-refractivity contribution is -0.212. The van der Waals surface area contributed by atoms with Gasteiger partial charge in [0, 0.05) is 6.04 Å². The van der Waals surface area contributed by atoms with E-state index >= 15 is 0 Å². The molecule has 1 N–H and O–H groups in total. The maximum absolute atomic E-state index is 12.3. The quantitative estimate of drug-likeness (QED) is 0.841. The minimum absolute atomic E-state index is 0.0963. The highest BCUT2D eigenvalue weighted by atomic mass is 19.4. The molecule has 0 amide bonds. The molecule has 1 aliphatic heterocycles. The van der Waals surface area contributed by atoms with Crippen LogP contribution in [0.1, 0.15) is 5.56 Å². The van der Waals surface area contributed by atoms with Gasteiger partial charge in [-0.25, -0.2) is 0 Å². The number of rotatable bonds is 2. The van der Waals surface area contributed by atoms with Crippen molar-refractivity contribution in [3.63, 3.8) is 0 Å². The molecule has 0 saturated carbocycles. The normalized spacial score (nSPS) is 25.9. The van der Waals surface area contributed by atoms with Crippen LogP contribution in [0.15, 0.2) is 30.3 Å². The van der Waals surface area contributed by atoms with E-state index in [9.17, 15) is 13.2 Å². The van der Waals surface area contributed by atoms with E-state index in [4.69, 9.17) is 0 Å². The standard InChI is InChI=1S/C11H12F3NO/c12-11(13,14)10-15-9(7-16-10)6-8-4-2-1-3-5-8/h1-5,9-10,15H,6-7H2/t9-,10?/m0/s1. The van der Waals surface area contributed by atoms with Gasteiger partial charge < -0.3 is 4.74 Å². The highest BCUT2D eigenvalue weighted by Crippen LogP contribution is 2.25. The highest BCUT2D eigenvalue weighted by molar-refractivity contribution is 5.16. The fourth-order valence-corrected chi connectivity index (χ4v) is 1.73. The van der Waals surface area contributed by atoms with Gasteiger partial charge >= 0.3 is 6.18 Å². The molecule has 1 unspecified atom stereocenters. The van der Waals surface area contributed by atoms with Crippen LogP contribution in [-0.2, 0) is 11.2 Å². The summed E-state index contributed by atoms with van der Waals surface area (Å²) in [7, 11) is 0. The fraction of sp³-hybridized carbons (Fsp3) is 0.455. The van der Waals surface area contributed by atoms with E-state index in [-0.39, 0.29) is 12.6 Å². The molecule has 1 heterocycles. The molecule has 0 radical (unpaired) electrons. The van der Waals surface area contributed by atoms with Crippen LogP contribution >= 0.6 is 0 Å². The number of ether oxygens (including phenoxy) is 1. The Hall–Kier alpha value is -1.07. The first-order valence-electron chi connectivity index (χ1n) is 5.04. The Morgan fingerprint density at radius 1 is 1.25 bits per heavy atom. The summed E-state index contributed by atoms with van der Waals surface area (Å²) >= 11 is 0. The lowest BCUT2D eigenvalue weighted by atomic mass is 10.1. The first-order chi connectivity index (χ1) is 7.55. The zero-order valence-corrected chi connectivity index (χ0v) is 8.50. The van der Waals surface area contributed by atoms with Crippen LogP contribution in [0.25, 0.3) is 0 Å². The second-order valence-electron chi connectivity index (χ2n) is 3.81. The SMILES string of the molecule is FC(F)(F)C1N[C@@H](Cc2ccccc2)CO1. The number of halogens is 3. The number of hydrogen-bond donors (Lipinski definition) is 1. The van der Waals surface area contributed by atoms with Crippen molar-refractivity contribution < 1.29 is 17.9 Å². The van der Waals surface area contributed by atoms with Crippen molar-refractivity contribution in [1.82, 2.24) is 5.32 Å². The van der Waals surface area contributed by atoms with E-state index in [0.29, 0.717) is 6.42 Å². The molecule has 0 aromatic heterocycles. The maximum atomic E-state index is 12.3. The van der Waals surface area contributed by atoms with E-state index in [1.165, 1.54) is 0 Å². The lowest BCUT2D eigenvalue weighted by Gasteiger charge is -2.15. The van der Waals surface area contributed by atoms with Crippen LogP contribution in [0.3, 0.4) is 0 Å². The number of alkyl halides is 3. The van der Waals surface area contributed by atoms with Crippen molar-refractivity contribution >= 4 is 0 Å². The lowest BCUT2D eigenvalue weighted by Crippen LogP contribution is -2.41. The molecule has 88 valence electrons. The fourth-order valence-electron chi connectivity index (χ4n) is 1.73. The Morgan fingerprint density at radius 3 is 2.50 bits per heavy atom. The number of hydrogen-bond acceptors (Lipinski definition) is 2. The zero-order valence-electron chi connectivity index (χ0n) is 8.50. The van der Waals surface area contributed by atoms with Crippen molar-refractivity contribution in [3.8, 4) is 0 Å². The van der Waals surface area contributed by atoms with Gasteiger partial charge in [0.25, 0.3) is 0 Å².